The Labute approximate surface area is 144 Å². The fourth-order valence-electron chi connectivity index (χ4n) is 3.63. The summed E-state index contributed by atoms with van der Waals surface area (Å²) in [5.74, 6) is -0.914. The Hall–Kier alpha value is -2.10. The fourth-order valence-corrected chi connectivity index (χ4v) is 3.63. The molecule has 1 amide bonds. The summed E-state index contributed by atoms with van der Waals surface area (Å²) < 4.78 is 0. The van der Waals surface area contributed by atoms with Gasteiger partial charge in [0.1, 0.15) is 0 Å². The van der Waals surface area contributed by atoms with Crippen LogP contribution in [0, 0.1) is 12.8 Å². The largest absolute Gasteiger partial charge is 0.503 e. The Morgan fingerprint density at radius 3 is 2.17 bits per heavy atom. The smallest absolute Gasteiger partial charge is 0.294 e. The van der Waals surface area contributed by atoms with E-state index in [1.54, 1.807) is 4.90 Å². The number of hydrogen-bond donors (Lipinski definition) is 1. The Morgan fingerprint density at radius 2 is 1.71 bits per heavy atom. The topological polar surface area (TPSA) is 57.6 Å². The number of Topliss-reactive ketones (excluding diaryl/α,β-unsaturated/α-hetero) is 1. The molecule has 0 aromatic heterocycles. The lowest BCUT2D eigenvalue weighted by molar-refractivity contribution is -0.117. The summed E-state index contributed by atoms with van der Waals surface area (Å²) in [5, 5.41) is 10.3. The summed E-state index contributed by atoms with van der Waals surface area (Å²) in [5.41, 5.74) is 2.10. The summed E-state index contributed by atoms with van der Waals surface area (Å²) in [6.45, 7) is 7.62. The van der Waals surface area contributed by atoms with Crippen LogP contribution in [0.1, 0.15) is 52.0 Å². The number of aliphatic hydroxyl groups is 1. The van der Waals surface area contributed by atoms with Gasteiger partial charge in [0.15, 0.2) is 11.5 Å². The highest BCUT2D eigenvalue weighted by molar-refractivity contribution is 6.16. The zero-order valence-electron chi connectivity index (χ0n) is 15.0. The number of hydrogen-bond acceptors (Lipinski definition) is 3. The molecule has 2 rings (SSSR count). The second-order valence-corrected chi connectivity index (χ2v) is 6.61. The van der Waals surface area contributed by atoms with Crippen LogP contribution in [0.3, 0.4) is 0 Å². The molecule has 0 saturated carbocycles. The van der Waals surface area contributed by atoms with E-state index in [-0.39, 0.29) is 29.1 Å². The average Bonchev–Trinajstić information content (AvgIpc) is 2.80. The van der Waals surface area contributed by atoms with E-state index in [2.05, 4.69) is 13.8 Å². The van der Waals surface area contributed by atoms with Crippen molar-refractivity contribution in [2.75, 3.05) is 4.90 Å². The first-order valence-corrected chi connectivity index (χ1v) is 8.76. The molecule has 0 radical (unpaired) electrons. The van der Waals surface area contributed by atoms with Crippen molar-refractivity contribution in [1.82, 2.24) is 0 Å². The van der Waals surface area contributed by atoms with E-state index >= 15 is 0 Å². The van der Waals surface area contributed by atoms with Gasteiger partial charge in [0.05, 0.1) is 11.6 Å². The third-order valence-electron chi connectivity index (χ3n) is 4.71. The molecular weight excluding hydrogens is 302 g/mol. The van der Waals surface area contributed by atoms with Crippen LogP contribution in [0.5, 0.6) is 0 Å². The lowest BCUT2D eigenvalue weighted by Gasteiger charge is -2.33. The molecule has 1 aliphatic rings. The summed E-state index contributed by atoms with van der Waals surface area (Å²) in [4.78, 5) is 26.5. The van der Waals surface area contributed by atoms with Crippen molar-refractivity contribution in [3.8, 4) is 0 Å². The summed E-state index contributed by atoms with van der Waals surface area (Å²) in [6.07, 6.45) is 3.78. The maximum atomic E-state index is 12.7. The molecule has 1 N–H and O–H groups in total. The molecule has 1 aromatic rings. The van der Waals surface area contributed by atoms with Gasteiger partial charge in [-0.25, -0.2) is 0 Å². The predicted octanol–water partition coefficient (Wildman–Crippen LogP) is 4.33. The maximum Gasteiger partial charge on any atom is 0.294 e. The van der Waals surface area contributed by atoms with Gasteiger partial charge in [-0.1, -0.05) is 44.4 Å². The number of nitrogens with zero attached hydrogens (tertiary/aromatic N) is 1. The molecule has 0 saturated heterocycles. The number of rotatable bonds is 7. The maximum absolute atomic E-state index is 12.7. The SMILES string of the molecule is CCCC(CCC)C1C(C(C)=O)=C(O)C(=O)N1c1ccc(C)cc1. The quantitative estimate of drug-likeness (QED) is 0.810. The third-order valence-corrected chi connectivity index (χ3v) is 4.71. The van der Waals surface area contributed by atoms with E-state index in [1.807, 2.05) is 31.2 Å². The van der Waals surface area contributed by atoms with Gasteiger partial charge >= 0.3 is 0 Å². The normalized spacial score (nSPS) is 18.0. The van der Waals surface area contributed by atoms with Gasteiger partial charge in [-0.15, -0.1) is 0 Å². The molecule has 0 fully saturated rings. The summed E-state index contributed by atoms with van der Waals surface area (Å²) in [6, 6.07) is 7.27. The highest BCUT2D eigenvalue weighted by atomic mass is 16.3. The van der Waals surface area contributed by atoms with Crippen molar-refractivity contribution >= 4 is 17.4 Å². The molecular formula is C20H27NO3. The standard InChI is InChI=1S/C20H27NO3/c1-5-7-15(8-6-2)18-17(14(4)22)19(23)20(24)21(18)16-11-9-13(3)10-12-16/h9-12,15,18,23H,5-8H2,1-4H3. The van der Waals surface area contributed by atoms with Gasteiger partial charge in [0.2, 0.25) is 0 Å². The Bertz CT molecular complexity index is 639. The van der Waals surface area contributed by atoms with Gasteiger partial charge in [0, 0.05) is 5.69 Å². The predicted molar refractivity (Wildman–Crippen MR) is 96.1 cm³/mol. The van der Waals surface area contributed by atoms with Crippen LogP contribution >= 0.6 is 0 Å². The first kappa shape index (κ1) is 18.2. The number of carbonyl (C=O) groups is 2. The molecule has 24 heavy (non-hydrogen) atoms. The second-order valence-electron chi connectivity index (χ2n) is 6.61. The van der Waals surface area contributed by atoms with Crippen LogP contribution in [0.15, 0.2) is 35.6 Å². The van der Waals surface area contributed by atoms with Gasteiger partial charge in [-0.05, 0) is 44.7 Å². The van der Waals surface area contributed by atoms with Crippen LogP contribution in [0.2, 0.25) is 0 Å². The highest BCUT2D eigenvalue weighted by Gasteiger charge is 2.45. The average molecular weight is 329 g/mol. The minimum Gasteiger partial charge on any atom is -0.503 e. The van der Waals surface area contributed by atoms with Gasteiger partial charge < -0.3 is 5.11 Å². The van der Waals surface area contributed by atoms with Crippen molar-refractivity contribution in [2.45, 2.75) is 59.4 Å². The molecule has 130 valence electrons. The molecule has 0 bridgehead atoms. The number of carbonyl (C=O) groups excluding carboxylic acids is 2. The van der Waals surface area contributed by atoms with Crippen LogP contribution in [-0.2, 0) is 9.59 Å². The lowest BCUT2D eigenvalue weighted by Crippen LogP contribution is -2.42. The van der Waals surface area contributed by atoms with Gasteiger partial charge in [-0.2, -0.15) is 0 Å². The number of anilines is 1. The van der Waals surface area contributed by atoms with E-state index in [4.69, 9.17) is 0 Å². The Kier molecular flexibility index (Phi) is 5.81. The molecule has 1 heterocycles. The van der Waals surface area contributed by atoms with E-state index in [1.165, 1.54) is 6.92 Å². The molecule has 4 heteroatoms. The number of benzene rings is 1. The zero-order chi connectivity index (χ0) is 17.9. The van der Waals surface area contributed by atoms with Crippen LogP contribution in [0.25, 0.3) is 0 Å². The first-order valence-electron chi connectivity index (χ1n) is 8.76. The van der Waals surface area contributed by atoms with Crippen molar-refractivity contribution in [3.63, 3.8) is 0 Å². The van der Waals surface area contributed by atoms with Crippen molar-refractivity contribution in [2.24, 2.45) is 5.92 Å². The third kappa shape index (κ3) is 3.37. The monoisotopic (exact) mass is 329 g/mol. The van der Waals surface area contributed by atoms with Crippen molar-refractivity contribution < 1.29 is 14.7 Å². The van der Waals surface area contributed by atoms with Crippen molar-refractivity contribution in [1.29, 1.82) is 0 Å². The number of aryl methyl sites for hydroxylation is 1. The minimum atomic E-state index is -0.466. The molecule has 1 aromatic carbocycles. The van der Waals surface area contributed by atoms with E-state index < -0.39 is 5.91 Å². The molecule has 4 nitrogen and oxygen atoms in total. The second kappa shape index (κ2) is 7.65. The van der Waals surface area contributed by atoms with Crippen LogP contribution in [-0.4, -0.2) is 22.8 Å². The van der Waals surface area contributed by atoms with Gasteiger partial charge in [-0.3, -0.25) is 14.5 Å². The van der Waals surface area contributed by atoms with Gasteiger partial charge in [0.25, 0.3) is 5.91 Å². The Morgan fingerprint density at radius 1 is 1.17 bits per heavy atom. The fraction of sp³-hybridized carbons (Fsp3) is 0.500. The van der Waals surface area contributed by atoms with Crippen molar-refractivity contribution in [3.05, 3.63) is 41.2 Å². The zero-order valence-corrected chi connectivity index (χ0v) is 15.0. The molecule has 1 unspecified atom stereocenters. The minimum absolute atomic E-state index is 0.161. The Balaban J connectivity index is 2.53. The number of aliphatic hydroxyl groups excluding tert-OH is 1. The van der Waals surface area contributed by atoms with Crippen LogP contribution < -0.4 is 4.90 Å². The van der Waals surface area contributed by atoms with E-state index in [0.29, 0.717) is 0 Å². The van der Waals surface area contributed by atoms with E-state index in [0.717, 1.165) is 36.9 Å². The lowest BCUT2D eigenvalue weighted by atomic mass is 9.84. The number of ketones is 1. The van der Waals surface area contributed by atoms with Crippen LogP contribution in [0.4, 0.5) is 5.69 Å². The number of amides is 1. The first-order chi connectivity index (χ1) is 11.4. The molecule has 1 atom stereocenters. The molecule has 0 aliphatic carbocycles. The summed E-state index contributed by atoms with van der Waals surface area (Å²) >= 11 is 0. The molecule has 1 aliphatic heterocycles. The van der Waals surface area contributed by atoms with E-state index in [9.17, 15) is 14.7 Å². The molecule has 0 spiro atoms. The summed E-state index contributed by atoms with van der Waals surface area (Å²) in [7, 11) is 0. The highest BCUT2D eigenvalue weighted by Crippen LogP contribution is 2.38.